The second-order valence-corrected chi connectivity index (χ2v) is 4.46. The normalized spacial score (nSPS) is 18.6. The number of halogens is 2. The SMILES string of the molecule is O=C(O)C1CCCN1C(=O)Cc1c(F)cccc1F. The molecule has 1 unspecified atom stereocenters. The van der Waals surface area contributed by atoms with Gasteiger partial charge in [0, 0.05) is 12.1 Å². The molecular formula is C13H13F2NO3. The van der Waals surface area contributed by atoms with E-state index in [0.29, 0.717) is 19.4 Å². The van der Waals surface area contributed by atoms with Crippen molar-refractivity contribution in [3.63, 3.8) is 0 Å². The van der Waals surface area contributed by atoms with Crippen LogP contribution in [0.5, 0.6) is 0 Å². The maximum Gasteiger partial charge on any atom is 0.326 e. The van der Waals surface area contributed by atoms with E-state index >= 15 is 0 Å². The number of aliphatic carboxylic acids is 1. The molecule has 19 heavy (non-hydrogen) atoms. The number of benzene rings is 1. The molecule has 1 heterocycles. The Kier molecular flexibility index (Phi) is 3.78. The van der Waals surface area contributed by atoms with Crippen molar-refractivity contribution in [3.05, 3.63) is 35.4 Å². The lowest BCUT2D eigenvalue weighted by Crippen LogP contribution is -2.41. The molecule has 1 N–H and O–H groups in total. The lowest BCUT2D eigenvalue weighted by atomic mass is 10.1. The number of carbonyl (C=O) groups is 2. The summed E-state index contributed by atoms with van der Waals surface area (Å²) in [4.78, 5) is 24.1. The Morgan fingerprint density at radius 3 is 2.53 bits per heavy atom. The highest BCUT2D eigenvalue weighted by Crippen LogP contribution is 2.20. The minimum Gasteiger partial charge on any atom is -0.480 e. The molecule has 2 rings (SSSR count). The Bertz CT molecular complexity index is 498. The van der Waals surface area contributed by atoms with Gasteiger partial charge in [-0.1, -0.05) is 6.07 Å². The molecule has 1 fully saturated rings. The van der Waals surface area contributed by atoms with Gasteiger partial charge >= 0.3 is 5.97 Å². The van der Waals surface area contributed by atoms with Gasteiger partial charge in [-0.25, -0.2) is 13.6 Å². The van der Waals surface area contributed by atoms with Crippen LogP contribution < -0.4 is 0 Å². The third kappa shape index (κ3) is 2.72. The lowest BCUT2D eigenvalue weighted by Gasteiger charge is -2.21. The summed E-state index contributed by atoms with van der Waals surface area (Å²) in [6.45, 7) is 0.311. The highest BCUT2D eigenvalue weighted by atomic mass is 19.1. The van der Waals surface area contributed by atoms with Crippen molar-refractivity contribution in [2.45, 2.75) is 25.3 Å². The first-order chi connectivity index (χ1) is 9.00. The van der Waals surface area contributed by atoms with Crippen LogP contribution in [0, 0.1) is 11.6 Å². The first kappa shape index (κ1) is 13.5. The summed E-state index contributed by atoms with van der Waals surface area (Å²) < 4.78 is 26.9. The number of hydrogen-bond acceptors (Lipinski definition) is 2. The number of likely N-dealkylation sites (tertiary alicyclic amines) is 1. The van der Waals surface area contributed by atoms with Crippen LogP contribution in [0.1, 0.15) is 18.4 Å². The standard InChI is InChI=1S/C13H13F2NO3/c14-9-3-1-4-10(15)8(9)7-12(17)16-6-2-5-11(16)13(18)19/h1,3-4,11H,2,5-7H2,(H,18,19). The second-order valence-electron chi connectivity index (χ2n) is 4.46. The number of carbonyl (C=O) groups excluding carboxylic acids is 1. The van der Waals surface area contributed by atoms with Gasteiger partial charge < -0.3 is 10.0 Å². The summed E-state index contributed by atoms with van der Waals surface area (Å²) in [6.07, 6.45) is 0.506. The van der Waals surface area contributed by atoms with E-state index in [4.69, 9.17) is 5.11 Å². The zero-order valence-electron chi connectivity index (χ0n) is 10.1. The smallest absolute Gasteiger partial charge is 0.326 e. The Hall–Kier alpha value is -1.98. The molecule has 1 aromatic rings. The van der Waals surface area contributed by atoms with Crippen LogP contribution in [0.15, 0.2) is 18.2 Å². The van der Waals surface area contributed by atoms with Crippen LogP contribution in [-0.2, 0) is 16.0 Å². The molecule has 0 aliphatic carbocycles. The van der Waals surface area contributed by atoms with Gasteiger partial charge in [0.05, 0.1) is 6.42 Å². The van der Waals surface area contributed by atoms with Gasteiger partial charge in [0.1, 0.15) is 17.7 Å². The minimum atomic E-state index is -1.08. The predicted octanol–water partition coefficient (Wildman–Crippen LogP) is 1.58. The minimum absolute atomic E-state index is 0.311. The van der Waals surface area contributed by atoms with E-state index < -0.39 is 36.0 Å². The van der Waals surface area contributed by atoms with Crippen LogP contribution in [-0.4, -0.2) is 34.5 Å². The van der Waals surface area contributed by atoms with Gasteiger partial charge in [0.15, 0.2) is 0 Å². The first-order valence-corrected chi connectivity index (χ1v) is 5.96. The van der Waals surface area contributed by atoms with Crippen molar-refractivity contribution < 1.29 is 23.5 Å². The highest BCUT2D eigenvalue weighted by Gasteiger charge is 2.34. The summed E-state index contributed by atoms with van der Waals surface area (Å²) in [7, 11) is 0. The molecule has 1 amide bonds. The van der Waals surface area contributed by atoms with E-state index in [-0.39, 0.29) is 5.56 Å². The second kappa shape index (κ2) is 5.34. The predicted molar refractivity (Wildman–Crippen MR) is 62.4 cm³/mol. The third-order valence-corrected chi connectivity index (χ3v) is 3.25. The van der Waals surface area contributed by atoms with Crippen LogP contribution in [0.2, 0.25) is 0 Å². The number of nitrogens with zero attached hydrogens (tertiary/aromatic N) is 1. The molecule has 1 aromatic carbocycles. The average molecular weight is 269 g/mol. The monoisotopic (exact) mass is 269 g/mol. The highest BCUT2D eigenvalue weighted by molar-refractivity contribution is 5.85. The lowest BCUT2D eigenvalue weighted by molar-refractivity contribution is -0.148. The van der Waals surface area contributed by atoms with E-state index in [2.05, 4.69) is 0 Å². The summed E-state index contributed by atoms with van der Waals surface area (Å²) in [5.41, 5.74) is -0.316. The number of carboxylic acid groups (broad SMARTS) is 1. The van der Waals surface area contributed by atoms with Gasteiger partial charge in [-0.2, -0.15) is 0 Å². The Labute approximate surface area is 108 Å². The Balaban J connectivity index is 2.15. The molecular weight excluding hydrogens is 256 g/mol. The summed E-state index contributed by atoms with van der Waals surface area (Å²) >= 11 is 0. The fourth-order valence-corrected chi connectivity index (χ4v) is 2.28. The fraction of sp³-hybridized carbons (Fsp3) is 0.385. The van der Waals surface area contributed by atoms with E-state index in [1.807, 2.05) is 0 Å². The van der Waals surface area contributed by atoms with Crippen LogP contribution in [0.3, 0.4) is 0 Å². The van der Waals surface area contributed by atoms with Gasteiger partial charge in [0.25, 0.3) is 0 Å². The molecule has 0 spiro atoms. The molecule has 0 aromatic heterocycles. The maximum atomic E-state index is 13.4. The summed E-state index contributed by atoms with van der Waals surface area (Å²) in [5.74, 6) is -3.23. The molecule has 1 atom stereocenters. The van der Waals surface area contributed by atoms with Gasteiger partial charge in [-0.3, -0.25) is 4.79 Å². The van der Waals surface area contributed by atoms with Crippen molar-refractivity contribution in [2.24, 2.45) is 0 Å². The number of rotatable bonds is 3. The molecule has 0 bridgehead atoms. The molecule has 1 aliphatic heterocycles. The van der Waals surface area contributed by atoms with Gasteiger partial charge in [-0.15, -0.1) is 0 Å². The van der Waals surface area contributed by atoms with E-state index in [1.54, 1.807) is 0 Å². The fourth-order valence-electron chi connectivity index (χ4n) is 2.28. The molecule has 0 radical (unpaired) electrons. The molecule has 1 saturated heterocycles. The molecule has 0 saturated carbocycles. The number of carboxylic acids is 1. The van der Waals surface area contributed by atoms with Crippen molar-refractivity contribution in [1.82, 2.24) is 4.90 Å². The Morgan fingerprint density at radius 1 is 1.32 bits per heavy atom. The van der Waals surface area contributed by atoms with Crippen molar-refractivity contribution in [1.29, 1.82) is 0 Å². The molecule has 4 nitrogen and oxygen atoms in total. The summed E-state index contributed by atoms with van der Waals surface area (Å²) in [5, 5.41) is 8.97. The number of hydrogen-bond donors (Lipinski definition) is 1. The maximum absolute atomic E-state index is 13.4. The van der Waals surface area contributed by atoms with E-state index in [1.165, 1.54) is 11.0 Å². The largest absolute Gasteiger partial charge is 0.480 e. The van der Waals surface area contributed by atoms with Crippen molar-refractivity contribution in [3.8, 4) is 0 Å². The third-order valence-electron chi connectivity index (χ3n) is 3.25. The van der Waals surface area contributed by atoms with Crippen LogP contribution in [0.4, 0.5) is 8.78 Å². The zero-order valence-corrected chi connectivity index (χ0v) is 10.1. The summed E-state index contributed by atoms with van der Waals surface area (Å²) in [6, 6.07) is 2.48. The van der Waals surface area contributed by atoms with E-state index in [9.17, 15) is 18.4 Å². The quantitative estimate of drug-likeness (QED) is 0.906. The first-order valence-electron chi connectivity index (χ1n) is 5.96. The van der Waals surface area contributed by atoms with Crippen molar-refractivity contribution >= 4 is 11.9 Å². The topological polar surface area (TPSA) is 57.6 Å². The molecule has 6 heteroatoms. The number of amides is 1. The van der Waals surface area contributed by atoms with Gasteiger partial charge in [0.2, 0.25) is 5.91 Å². The van der Waals surface area contributed by atoms with Crippen molar-refractivity contribution in [2.75, 3.05) is 6.54 Å². The Morgan fingerprint density at radius 2 is 1.95 bits per heavy atom. The van der Waals surface area contributed by atoms with Gasteiger partial charge in [-0.05, 0) is 25.0 Å². The van der Waals surface area contributed by atoms with Crippen LogP contribution >= 0.6 is 0 Å². The average Bonchev–Trinajstić information content (AvgIpc) is 2.83. The molecule has 1 aliphatic rings. The van der Waals surface area contributed by atoms with Crippen LogP contribution in [0.25, 0.3) is 0 Å². The molecule has 102 valence electrons. The zero-order chi connectivity index (χ0) is 14.0. The van der Waals surface area contributed by atoms with E-state index in [0.717, 1.165) is 12.1 Å².